The number of rotatable bonds is 3. The zero-order valence-corrected chi connectivity index (χ0v) is 12.1. The Morgan fingerprint density at radius 1 is 1.15 bits per heavy atom. The average Bonchev–Trinajstić information content (AvgIpc) is 2.42. The Bertz CT molecular complexity index is 640. The van der Waals surface area contributed by atoms with Crippen LogP contribution in [0.4, 0.5) is 10.1 Å². The number of nitrogens with one attached hydrogen (secondary N) is 1. The summed E-state index contributed by atoms with van der Waals surface area (Å²) in [5.74, 6) is -0.475. The van der Waals surface area contributed by atoms with Crippen LogP contribution in [0.2, 0.25) is 10.0 Å². The summed E-state index contributed by atoms with van der Waals surface area (Å²) in [4.78, 5) is 0. The van der Waals surface area contributed by atoms with Gasteiger partial charge in [-0.3, -0.25) is 0 Å². The maximum Gasteiger partial charge on any atom is 0.126 e. The van der Waals surface area contributed by atoms with E-state index < -0.39 is 5.82 Å². The zero-order chi connectivity index (χ0) is 14.7. The van der Waals surface area contributed by atoms with Crippen molar-refractivity contribution in [3.05, 3.63) is 63.4 Å². The topological polar surface area (TPSA) is 35.8 Å². The van der Waals surface area contributed by atoms with E-state index in [4.69, 9.17) is 28.5 Å². The standard InChI is InChI=1S/C15H11Cl2FN2/c1-9(11-4-2-10(8-19)3-5-11)20-15-13(16)6-12(18)7-14(15)17/h2-7,9,20H,1H3. The summed E-state index contributed by atoms with van der Waals surface area (Å²) < 4.78 is 13.1. The Morgan fingerprint density at radius 2 is 1.70 bits per heavy atom. The summed E-state index contributed by atoms with van der Waals surface area (Å²) in [6.45, 7) is 1.93. The highest BCUT2D eigenvalue weighted by Crippen LogP contribution is 2.34. The highest BCUT2D eigenvalue weighted by molar-refractivity contribution is 6.39. The van der Waals surface area contributed by atoms with Crippen molar-refractivity contribution in [2.24, 2.45) is 0 Å². The van der Waals surface area contributed by atoms with Crippen molar-refractivity contribution in [3.63, 3.8) is 0 Å². The van der Waals surface area contributed by atoms with Crippen molar-refractivity contribution < 1.29 is 4.39 Å². The lowest BCUT2D eigenvalue weighted by Crippen LogP contribution is -2.07. The molecule has 0 aliphatic carbocycles. The molecule has 102 valence electrons. The molecular weight excluding hydrogens is 298 g/mol. The minimum atomic E-state index is -0.475. The van der Waals surface area contributed by atoms with Crippen LogP contribution in [0.15, 0.2) is 36.4 Å². The number of hydrogen-bond donors (Lipinski definition) is 1. The molecule has 0 fully saturated rings. The smallest absolute Gasteiger partial charge is 0.126 e. The molecule has 0 radical (unpaired) electrons. The molecule has 5 heteroatoms. The molecule has 2 aromatic carbocycles. The van der Waals surface area contributed by atoms with E-state index in [1.165, 1.54) is 12.1 Å². The van der Waals surface area contributed by atoms with Crippen LogP contribution in [0.3, 0.4) is 0 Å². The summed E-state index contributed by atoms with van der Waals surface area (Å²) in [6.07, 6.45) is 0. The van der Waals surface area contributed by atoms with E-state index in [0.29, 0.717) is 11.3 Å². The van der Waals surface area contributed by atoms with Crippen molar-refractivity contribution in [3.8, 4) is 6.07 Å². The molecule has 2 nitrogen and oxygen atoms in total. The molecule has 1 unspecified atom stereocenters. The quantitative estimate of drug-likeness (QED) is 0.848. The third-order valence-electron chi connectivity index (χ3n) is 2.91. The molecule has 0 aliphatic rings. The maximum absolute atomic E-state index is 13.1. The van der Waals surface area contributed by atoms with Crippen molar-refractivity contribution in [2.45, 2.75) is 13.0 Å². The van der Waals surface area contributed by atoms with Gasteiger partial charge >= 0.3 is 0 Å². The van der Waals surface area contributed by atoms with Crippen LogP contribution < -0.4 is 5.32 Å². The summed E-state index contributed by atoms with van der Waals surface area (Å²) in [7, 11) is 0. The molecule has 0 aliphatic heterocycles. The van der Waals surface area contributed by atoms with Crippen LogP contribution >= 0.6 is 23.2 Å². The van der Waals surface area contributed by atoms with Gasteiger partial charge in [0.25, 0.3) is 0 Å². The second-order valence-corrected chi connectivity index (χ2v) is 5.16. The first kappa shape index (κ1) is 14.6. The first-order chi connectivity index (χ1) is 9.51. The van der Waals surface area contributed by atoms with Crippen molar-refractivity contribution >= 4 is 28.9 Å². The Kier molecular flexibility index (Phi) is 4.49. The van der Waals surface area contributed by atoms with E-state index in [1.54, 1.807) is 12.1 Å². The lowest BCUT2D eigenvalue weighted by Gasteiger charge is -2.18. The van der Waals surface area contributed by atoms with Gasteiger partial charge in [-0.25, -0.2) is 4.39 Å². The molecule has 0 heterocycles. The van der Waals surface area contributed by atoms with E-state index >= 15 is 0 Å². The summed E-state index contributed by atoms with van der Waals surface area (Å²) in [6, 6.07) is 11.6. The first-order valence-electron chi connectivity index (χ1n) is 5.92. The molecule has 20 heavy (non-hydrogen) atoms. The van der Waals surface area contributed by atoms with Gasteiger partial charge in [0, 0.05) is 6.04 Å². The number of nitrogens with zero attached hydrogens (tertiary/aromatic N) is 1. The van der Waals surface area contributed by atoms with Gasteiger partial charge in [-0.1, -0.05) is 35.3 Å². The van der Waals surface area contributed by atoms with Gasteiger partial charge in [-0.2, -0.15) is 5.26 Å². The van der Waals surface area contributed by atoms with Crippen LogP contribution in [-0.2, 0) is 0 Å². The summed E-state index contributed by atoms with van der Waals surface area (Å²) in [5, 5.41) is 12.4. The molecule has 0 saturated heterocycles. The second kappa shape index (κ2) is 6.13. The van der Waals surface area contributed by atoms with Crippen LogP contribution in [0, 0.1) is 17.1 Å². The fourth-order valence-electron chi connectivity index (χ4n) is 1.83. The predicted molar refractivity (Wildman–Crippen MR) is 79.6 cm³/mol. The first-order valence-corrected chi connectivity index (χ1v) is 6.68. The average molecular weight is 309 g/mol. The van der Waals surface area contributed by atoms with Gasteiger partial charge in [0.05, 0.1) is 27.4 Å². The normalized spacial score (nSPS) is 11.8. The fraction of sp³-hybridized carbons (Fsp3) is 0.133. The van der Waals surface area contributed by atoms with Crippen molar-refractivity contribution in [1.29, 1.82) is 5.26 Å². The predicted octanol–water partition coefficient (Wildman–Crippen LogP) is 5.18. The Labute approximate surface area is 126 Å². The lowest BCUT2D eigenvalue weighted by atomic mass is 10.1. The molecule has 2 aromatic rings. The Morgan fingerprint density at radius 3 is 2.20 bits per heavy atom. The molecule has 1 N–H and O–H groups in total. The minimum Gasteiger partial charge on any atom is -0.376 e. The van der Waals surface area contributed by atoms with Crippen LogP contribution in [0.5, 0.6) is 0 Å². The van der Waals surface area contributed by atoms with E-state index in [-0.39, 0.29) is 16.1 Å². The fourth-order valence-corrected chi connectivity index (χ4v) is 2.40. The van der Waals surface area contributed by atoms with Gasteiger partial charge < -0.3 is 5.32 Å². The zero-order valence-electron chi connectivity index (χ0n) is 10.6. The van der Waals surface area contributed by atoms with Crippen LogP contribution in [0.25, 0.3) is 0 Å². The van der Waals surface area contributed by atoms with Crippen molar-refractivity contribution in [2.75, 3.05) is 5.32 Å². The Balaban J connectivity index is 2.23. The third kappa shape index (κ3) is 3.22. The lowest BCUT2D eigenvalue weighted by molar-refractivity contribution is 0.628. The molecule has 0 saturated carbocycles. The van der Waals surface area contributed by atoms with E-state index in [9.17, 15) is 4.39 Å². The Hall–Kier alpha value is -1.76. The maximum atomic E-state index is 13.1. The molecule has 2 rings (SSSR count). The number of hydrogen-bond acceptors (Lipinski definition) is 2. The van der Waals surface area contributed by atoms with Crippen molar-refractivity contribution in [1.82, 2.24) is 0 Å². The summed E-state index contributed by atoms with van der Waals surface area (Å²) in [5.41, 5.74) is 2.06. The second-order valence-electron chi connectivity index (χ2n) is 4.34. The van der Waals surface area contributed by atoms with Crippen LogP contribution in [-0.4, -0.2) is 0 Å². The summed E-state index contributed by atoms with van der Waals surface area (Å²) >= 11 is 12.0. The highest BCUT2D eigenvalue weighted by atomic mass is 35.5. The van der Waals surface area contributed by atoms with E-state index in [2.05, 4.69) is 11.4 Å². The van der Waals surface area contributed by atoms with E-state index in [1.807, 2.05) is 19.1 Å². The van der Waals surface area contributed by atoms with E-state index in [0.717, 1.165) is 5.56 Å². The monoisotopic (exact) mass is 308 g/mol. The number of benzene rings is 2. The van der Waals surface area contributed by atoms with Gasteiger partial charge in [-0.15, -0.1) is 0 Å². The van der Waals surface area contributed by atoms with Crippen LogP contribution in [0.1, 0.15) is 24.1 Å². The highest BCUT2D eigenvalue weighted by Gasteiger charge is 2.12. The van der Waals surface area contributed by atoms with Gasteiger partial charge in [-0.05, 0) is 36.8 Å². The minimum absolute atomic E-state index is 0.0804. The van der Waals surface area contributed by atoms with Gasteiger partial charge in [0.2, 0.25) is 0 Å². The SMILES string of the molecule is CC(Nc1c(Cl)cc(F)cc1Cl)c1ccc(C#N)cc1. The molecule has 0 bridgehead atoms. The number of nitriles is 1. The molecule has 0 spiro atoms. The molecular formula is C15H11Cl2FN2. The number of anilines is 1. The van der Waals surface area contributed by atoms with Gasteiger partial charge in [0.15, 0.2) is 0 Å². The third-order valence-corrected chi connectivity index (χ3v) is 3.50. The molecule has 0 amide bonds. The molecule has 0 aromatic heterocycles. The largest absolute Gasteiger partial charge is 0.376 e. The molecule has 1 atom stereocenters. The van der Waals surface area contributed by atoms with Gasteiger partial charge in [0.1, 0.15) is 5.82 Å². The number of halogens is 3.